The molecule has 0 atom stereocenters. The molecule has 8 heteroatoms. The van der Waals surface area contributed by atoms with Crippen molar-refractivity contribution in [2.24, 2.45) is 0 Å². The van der Waals surface area contributed by atoms with Crippen molar-refractivity contribution < 1.29 is 9.15 Å². The molecule has 0 bridgehead atoms. The normalized spacial score (nSPS) is 10.9. The number of ether oxygens (including phenoxy) is 1. The average molecular weight is 411 g/mol. The molecule has 1 aromatic carbocycles. The highest BCUT2D eigenvalue weighted by Gasteiger charge is 2.17. The molecule has 0 aliphatic heterocycles. The van der Waals surface area contributed by atoms with Crippen molar-refractivity contribution in [3.05, 3.63) is 66.4 Å². The lowest BCUT2D eigenvalue weighted by Crippen LogP contribution is -2.01. The van der Waals surface area contributed by atoms with Crippen LogP contribution in [-0.4, -0.2) is 26.9 Å². The second kappa shape index (κ2) is 8.45. The van der Waals surface area contributed by atoms with Gasteiger partial charge in [-0.1, -0.05) is 36.0 Å². The monoisotopic (exact) mass is 410 g/mol. The first-order valence-electron chi connectivity index (χ1n) is 8.58. The largest absolute Gasteiger partial charge is 0.496 e. The molecule has 0 unspecified atom stereocenters. The van der Waals surface area contributed by atoms with Crippen LogP contribution in [0.15, 0.2) is 70.3 Å². The molecular weight excluding hydrogens is 392 g/mol. The zero-order valence-electron chi connectivity index (χ0n) is 15.2. The fraction of sp³-hybridized carbons (Fsp3) is 0.150. The maximum atomic E-state index is 5.59. The van der Waals surface area contributed by atoms with Crippen LogP contribution in [0.5, 0.6) is 5.75 Å². The first-order valence-corrected chi connectivity index (χ1v) is 10.4. The van der Waals surface area contributed by atoms with E-state index in [9.17, 15) is 0 Å². The second-order valence-corrected chi connectivity index (χ2v) is 7.71. The van der Waals surface area contributed by atoms with Crippen LogP contribution >= 0.6 is 23.1 Å². The van der Waals surface area contributed by atoms with Gasteiger partial charge in [-0.3, -0.25) is 4.57 Å². The van der Waals surface area contributed by atoms with E-state index >= 15 is 0 Å². The summed E-state index contributed by atoms with van der Waals surface area (Å²) in [5, 5.41) is 11.6. The van der Waals surface area contributed by atoms with Crippen LogP contribution in [0.1, 0.15) is 5.69 Å². The maximum Gasteiger partial charge on any atom is 0.236 e. The van der Waals surface area contributed by atoms with E-state index in [2.05, 4.69) is 21.8 Å². The quantitative estimate of drug-likeness (QED) is 0.296. The Kier molecular flexibility index (Phi) is 5.59. The second-order valence-electron chi connectivity index (χ2n) is 5.82. The summed E-state index contributed by atoms with van der Waals surface area (Å²) in [6.07, 6.45) is 3.52. The van der Waals surface area contributed by atoms with Crippen LogP contribution < -0.4 is 4.74 Å². The molecule has 0 amide bonds. The van der Waals surface area contributed by atoms with Gasteiger partial charge in [0.15, 0.2) is 11.0 Å². The van der Waals surface area contributed by atoms with Crippen molar-refractivity contribution in [3.63, 3.8) is 0 Å². The van der Waals surface area contributed by atoms with Gasteiger partial charge in [-0.25, -0.2) is 4.98 Å². The van der Waals surface area contributed by atoms with E-state index in [1.165, 1.54) is 0 Å². The van der Waals surface area contributed by atoms with Crippen LogP contribution in [0.2, 0.25) is 0 Å². The maximum absolute atomic E-state index is 5.59. The third-order valence-electron chi connectivity index (χ3n) is 4.01. The fourth-order valence-electron chi connectivity index (χ4n) is 2.74. The number of aromatic nitrogens is 4. The third kappa shape index (κ3) is 3.74. The van der Waals surface area contributed by atoms with Crippen molar-refractivity contribution in [1.29, 1.82) is 0 Å². The Bertz CT molecular complexity index is 1070. The smallest absolute Gasteiger partial charge is 0.236 e. The van der Waals surface area contributed by atoms with Crippen molar-refractivity contribution in [2.75, 3.05) is 7.11 Å². The minimum absolute atomic E-state index is 0.599. The van der Waals surface area contributed by atoms with E-state index in [1.54, 1.807) is 36.5 Å². The SMILES string of the molecule is C=CCn1c(SCc2coc(-c3cccs3)n2)nnc1-c1ccccc1OC. The van der Waals surface area contributed by atoms with E-state index in [1.807, 2.05) is 52.4 Å². The Morgan fingerprint density at radius 3 is 2.93 bits per heavy atom. The molecule has 0 N–H and O–H groups in total. The topological polar surface area (TPSA) is 66.0 Å². The first-order chi connectivity index (χ1) is 13.8. The summed E-state index contributed by atoms with van der Waals surface area (Å²) in [5.41, 5.74) is 1.76. The predicted octanol–water partition coefficient (Wildman–Crippen LogP) is 5.15. The zero-order chi connectivity index (χ0) is 19.3. The predicted molar refractivity (Wildman–Crippen MR) is 112 cm³/mol. The number of para-hydroxylation sites is 1. The molecule has 3 aromatic heterocycles. The lowest BCUT2D eigenvalue weighted by atomic mass is 10.2. The molecule has 3 heterocycles. The van der Waals surface area contributed by atoms with Crippen molar-refractivity contribution in [3.8, 4) is 27.9 Å². The van der Waals surface area contributed by atoms with Gasteiger partial charge in [0.2, 0.25) is 5.89 Å². The van der Waals surface area contributed by atoms with Gasteiger partial charge in [-0.15, -0.1) is 28.1 Å². The minimum Gasteiger partial charge on any atom is -0.496 e. The van der Waals surface area contributed by atoms with Gasteiger partial charge in [-0.05, 0) is 23.6 Å². The van der Waals surface area contributed by atoms with Gasteiger partial charge >= 0.3 is 0 Å². The number of thioether (sulfide) groups is 1. The summed E-state index contributed by atoms with van der Waals surface area (Å²) in [6.45, 7) is 4.46. The molecular formula is C20H18N4O2S2. The van der Waals surface area contributed by atoms with Gasteiger partial charge in [0.1, 0.15) is 12.0 Å². The molecule has 0 aliphatic carbocycles. The van der Waals surface area contributed by atoms with Crippen molar-refractivity contribution in [2.45, 2.75) is 17.5 Å². The Morgan fingerprint density at radius 2 is 2.14 bits per heavy atom. The van der Waals surface area contributed by atoms with Gasteiger partial charge in [0, 0.05) is 12.3 Å². The van der Waals surface area contributed by atoms with Gasteiger partial charge in [0.05, 0.1) is 23.2 Å². The molecule has 28 heavy (non-hydrogen) atoms. The fourth-order valence-corrected chi connectivity index (χ4v) is 4.22. The van der Waals surface area contributed by atoms with E-state index in [4.69, 9.17) is 9.15 Å². The molecule has 0 aliphatic rings. The van der Waals surface area contributed by atoms with E-state index in [-0.39, 0.29) is 0 Å². The highest BCUT2D eigenvalue weighted by molar-refractivity contribution is 7.98. The average Bonchev–Trinajstić information content (AvgIpc) is 3.47. The highest BCUT2D eigenvalue weighted by Crippen LogP contribution is 2.32. The number of hydrogen-bond acceptors (Lipinski definition) is 7. The number of thiophene rings is 1. The number of methoxy groups -OCH3 is 1. The van der Waals surface area contributed by atoms with Crippen LogP contribution in [0.25, 0.3) is 22.2 Å². The van der Waals surface area contributed by atoms with Crippen molar-refractivity contribution in [1.82, 2.24) is 19.7 Å². The summed E-state index contributed by atoms with van der Waals surface area (Å²) >= 11 is 3.17. The van der Waals surface area contributed by atoms with Gasteiger partial charge in [0.25, 0.3) is 0 Å². The summed E-state index contributed by atoms with van der Waals surface area (Å²) in [6, 6.07) is 11.8. The number of oxazole rings is 1. The van der Waals surface area contributed by atoms with E-state index in [0.717, 1.165) is 32.9 Å². The Labute approximate surface area is 170 Å². The Hall–Kier alpha value is -2.84. The van der Waals surface area contributed by atoms with Gasteiger partial charge in [-0.2, -0.15) is 0 Å². The van der Waals surface area contributed by atoms with Crippen LogP contribution in [0.3, 0.4) is 0 Å². The summed E-state index contributed by atoms with van der Waals surface area (Å²) in [7, 11) is 1.65. The number of nitrogens with zero attached hydrogens (tertiary/aromatic N) is 4. The lowest BCUT2D eigenvalue weighted by Gasteiger charge is -2.10. The third-order valence-corrected chi connectivity index (χ3v) is 5.87. The van der Waals surface area contributed by atoms with Crippen LogP contribution in [0, 0.1) is 0 Å². The standard InChI is InChI=1S/C20H18N4O2S2/c1-3-10-24-18(15-7-4-5-8-16(15)25-2)22-23-20(24)28-13-14-12-26-19(21-14)17-9-6-11-27-17/h3-9,11-12H,1,10,13H2,2H3. The highest BCUT2D eigenvalue weighted by atomic mass is 32.2. The molecule has 0 saturated carbocycles. The Balaban J connectivity index is 1.57. The lowest BCUT2D eigenvalue weighted by molar-refractivity contribution is 0.416. The first kappa shape index (κ1) is 18.5. The molecule has 0 fully saturated rings. The van der Waals surface area contributed by atoms with E-state index in [0.29, 0.717) is 18.2 Å². The number of allylic oxidation sites excluding steroid dienone is 1. The van der Waals surface area contributed by atoms with Gasteiger partial charge < -0.3 is 9.15 Å². The number of benzene rings is 1. The molecule has 4 aromatic rings. The number of rotatable bonds is 8. The summed E-state index contributed by atoms with van der Waals surface area (Å²) < 4.78 is 13.1. The molecule has 0 spiro atoms. The van der Waals surface area contributed by atoms with Crippen molar-refractivity contribution >= 4 is 23.1 Å². The molecule has 142 valence electrons. The molecule has 0 saturated heterocycles. The van der Waals surface area contributed by atoms with Crippen LogP contribution in [0.4, 0.5) is 0 Å². The summed E-state index contributed by atoms with van der Waals surface area (Å²) in [4.78, 5) is 5.58. The Morgan fingerprint density at radius 1 is 1.25 bits per heavy atom. The van der Waals surface area contributed by atoms with E-state index < -0.39 is 0 Å². The number of hydrogen-bond donors (Lipinski definition) is 0. The molecule has 0 radical (unpaired) electrons. The summed E-state index contributed by atoms with van der Waals surface area (Å²) in [5.74, 6) is 2.79. The molecule has 6 nitrogen and oxygen atoms in total. The minimum atomic E-state index is 0.599. The molecule has 4 rings (SSSR count). The zero-order valence-corrected chi connectivity index (χ0v) is 16.9. The van der Waals surface area contributed by atoms with Crippen LogP contribution in [-0.2, 0) is 12.3 Å².